The molecule has 0 amide bonds. The molecule has 1 N–H and O–H groups in total. The molecule has 1 unspecified atom stereocenters. The van der Waals surface area contributed by atoms with Crippen molar-refractivity contribution in [2.45, 2.75) is 32.3 Å². The first kappa shape index (κ1) is 10.4. The summed E-state index contributed by atoms with van der Waals surface area (Å²) in [5, 5.41) is 9.58. The van der Waals surface area contributed by atoms with Gasteiger partial charge in [-0.1, -0.05) is 6.92 Å². The molecule has 0 aliphatic carbocycles. The number of rotatable bonds is 2. The molecule has 0 aromatic carbocycles. The predicted octanol–water partition coefficient (Wildman–Crippen LogP) is 1.61. The molecule has 1 aromatic rings. The minimum Gasteiger partial charge on any atom is -0.391 e. The van der Waals surface area contributed by atoms with Gasteiger partial charge >= 0.3 is 0 Å². The number of piperidine rings is 1. The third-order valence-electron chi connectivity index (χ3n) is 2.93. The largest absolute Gasteiger partial charge is 0.391 e. The summed E-state index contributed by atoms with van der Waals surface area (Å²) in [7, 11) is 0. The highest BCUT2D eigenvalue weighted by Gasteiger charge is 2.17. The molecule has 15 heavy (non-hydrogen) atoms. The van der Waals surface area contributed by atoms with Crippen LogP contribution in [0.2, 0.25) is 0 Å². The van der Waals surface area contributed by atoms with E-state index in [1.165, 1.54) is 0 Å². The maximum atomic E-state index is 9.58. The van der Waals surface area contributed by atoms with E-state index in [4.69, 9.17) is 0 Å². The number of aromatic nitrogens is 1. The molecule has 2 heterocycles. The lowest BCUT2D eigenvalue weighted by Crippen LogP contribution is -2.38. The number of hydrogen-bond donors (Lipinski definition) is 1. The monoisotopic (exact) mass is 206 g/mol. The van der Waals surface area contributed by atoms with E-state index in [0.717, 1.165) is 43.7 Å². The van der Waals surface area contributed by atoms with Gasteiger partial charge in [0.05, 0.1) is 18.0 Å². The first-order valence-electron chi connectivity index (χ1n) is 5.67. The number of β-amino-alcohol motifs (C(OH)–C–C–N with tert-alkyl or cyclic N) is 1. The Morgan fingerprint density at radius 2 is 2.40 bits per heavy atom. The molecule has 2 rings (SSSR count). The Balaban J connectivity index is 2.07. The Kier molecular flexibility index (Phi) is 3.21. The van der Waals surface area contributed by atoms with Gasteiger partial charge in [0, 0.05) is 18.8 Å². The number of hydrogen-bond acceptors (Lipinski definition) is 3. The normalized spacial score (nSPS) is 21.7. The number of aliphatic hydroxyl groups excluding tert-OH is 1. The quantitative estimate of drug-likeness (QED) is 0.798. The molecule has 1 fully saturated rings. The van der Waals surface area contributed by atoms with Crippen molar-refractivity contribution in [2.24, 2.45) is 0 Å². The molecule has 0 spiro atoms. The van der Waals surface area contributed by atoms with Crippen molar-refractivity contribution < 1.29 is 5.11 Å². The van der Waals surface area contributed by atoms with Crippen molar-refractivity contribution in [3.05, 3.63) is 24.0 Å². The molecule has 0 bridgehead atoms. The van der Waals surface area contributed by atoms with E-state index in [9.17, 15) is 5.11 Å². The van der Waals surface area contributed by atoms with Crippen LogP contribution in [0.5, 0.6) is 0 Å². The Bertz CT molecular complexity index is 310. The van der Waals surface area contributed by atoms with E-state index in [2.05, 4.69) is 28.9 Å². The summed E-state index contributed by atoms with van der Waals surface area (Å²) in [6.45, 7) is 3.88. The zero-order valence-corrected chi connectivity index (χ0v) is 9.19. The van der Waals surface area contributed by atoms with Gasteiger partial charge in [-0.05, 0) is 31.4 Å². The van der Waals surface area contributed by atoms with Crippen molar-refractivity contribution in [3.8, 4) is 0 Å². The molecule has 1 saturated heterocycles. The average Bonchev–Trinajstić information content (AvgIpc) is 2.29. The van der Waals surface area contributed by atoms with E-state index >= 15 is 0 Å². The maximum Gasteiger partial charge on any atom is 0.0715 e. The van der Waals surface area contributed by atoms with Gasteiger partial charge in [-0.15, -0.1) is 0 Å². The highest BCUT2D eigenvalue weighted by molar-refractivity contribution is 5.45. The fourth-order valence-corrected chi connectivity index (χ4v) is 2.00. The minimum atomic E-state index is -0.176. The maximum absolute atomic E-state index is 9.58. The lowest BCUT2D eigenvalue weighted by atomic mass is 10.1. The van der Waals surface area contributed by atoms with Crippen LogP contribution in [0.4, 0.5) is 5.69 Å². The van der Waals surface area contributed by atoms with Crippen LogP contribution in [0.1, 0.15) is 25.5 Å². The summed E-state index contributed by atoms with van der Waals surface area (Å²) in [5.74, 6) is 0. The second-order valence-corrected chi connectivity index (χ2v) is 4.10. The Morgan fingerprint density at radius 1 is 1.53 bits per heavy atom. The van der Waals surface area contributed by atoms with Gasteiger partial charge in [0.1, 0.15) is 0 Å². The van der Waals surface area contributed by atoms with Gasteiger partial charge in [0.25, 0.3) is 0 Å². The molecule has 3 nitrogen and oxygen atoms in total. The zero-order valence-electron chi connectivity index (χ0n) is 9.19. The van der Waals surface area contributed by atoms with Gasteiger partial charge in [-0.2, -0.15) is 0 Å². The van der Waals surface area contributed by atoms with Gasteiger partial charge in [-0.3, -0.25) is 4.98 Å². The minimum absolute atomic E-state index is 0.176. The molecule has 3 heteroatoms. The summed E-state index contributed by atoms with van der Waals surface area (Å²) in [4.78, 5) is 6.58. The van der Waals surface area contributed by atoms with E-state index in [0.29, 0.717) is 0 Å². The first-order chi connectivity index (χ1) is 7.29. The molecular weight excluding hydrogens is 188 g/mol. The summed E-state index contributed by atoms with van der Waals surface area (Å²) in [6, 6.07) is 4.17. The second kappa shape index (κ2) is 4.62. The summed E-state index contributed by atoms with van der Waals surface area (Å²) in [5.41, 5.74) is 2.25. The van der Waals surface area contributed by atoms with Gasteiger partial charge in [0.2, 0.25) is 0 Å². The lowest BCUT2D eigenvalue weighted by molar-refractivity contribution is 0.154. The van der Waals surface area contributed by atoms with Crippen molar-refractivity contribution in [2.75, 3.05) is 18.0 Å². The van der Waals surface area contributed by atoms with Crippen LogP contribution < -0.4 is 4.90 Å². The number of aryl methyl sites for hydroxylation is 1. The molecular formula is C12H18N2O. The topological polar surface area (TPSA) is 36.4 Å². The second-order valence-electron chi connectivity index (χ2n) is 4.10. The molecule has 1 aliphatic heterocycles. The van der Waals surface area contributed by atoms with Crippen LogP contribution in [-0.4, -0.2) is 29.3 Å². The van der Waals surface area contributed by atoms with Crippen LogP contribution in [0.25, 0.3) is 0 Å². The zero-order chi connectivity index (χ0) is 10.7. The predicted molar refractivity (Wildman–Crippen MR) is 61.1 cm³/mol. The fraction of sp³-hybridized carbons (Fsp3) is 0.583. The van der Waals surface area contributed by atoms with Gasteiger partial charge in [-0.25, -0.2) is 0 Å². The lowest BCUT2D eigenvalue weighted by Gasteiger charge is -2.31. The summed E-state index contributed by atoms with van der Waals surface area (Å²) < 4.78 is 0. The third kappa shape index (κ3) is 2.48. The third-order valence-corrected chi connectivity index (χ3v) is 2.93. The Labute approximate surface area is 90.8 Å². The summed E-state index contributed by atoms with van der Waals surface area (Å²) >= 11 is 0. The van der Waals surface area contributed by atoms with E-state index in [1.54, 1.807) is 0 Å². The molecule has 1 aliphatic rings. The average molecular weight is 206 g/mol. The van der Waals surface area contributed by atoms with Crippen molar-refractivity contribution in [1.29, 1.82) is 0 Å². The highest BCUT2D eigenvalue weighted by Crippen LogP contribution is 2.19. The van der Waals surface area contributed by atoms with Crippen LogP contribution >= 0.6 is 0 Å². The first-order valence-corrected chi connectivity index (χ1v) is 5.67. The van der Waals surface area contributed by atoms with Gasteiger partial charge < -0.3 is 10.0 Å². The molecule has 82 valence electrons. The van der Waals surface area contributed by atoms with Crippen molar-refractivity contribution in [3.63, 3.8) is 0 Å². The highest BCUT2D eigenvalue weighted by atomic mass is 16.3. The number of anilines is 1. The van der Waals surface area contributed by atoms with Gasteiger partial charge in [0.15, 0.2) is 0 Å². The molecule has 0 radical (unpaired) electrons. The smallest absolute Gasteiger partial charge is 0.0715 e. The SMILES string of the molecule is CCc1ccc(N2CCCC(O)C2)cn1. The Morgan fingerprint density at radius 3 is 3.00 bits per heavy atom. The van der Waals surface area contributed by atoms with Crippen LogP contribution in [0.3, 0.4) is 0 Å². The van der Waals surface area contributed by atoms with Crippen LogP contribution in [0, 0.1) is 0 Å². The van der Waals surface area contributed by atoms with Crippen molar-refractivity contribution in [1.82, 2.24) is 4.98 Å². The number of nitrogens with zero attached hydrogens (tertiary/aromatic N) is 2. The van der Waals surface area contributed by atoms with Crippen molar-refractivity contribution >= 4 is 5.69 Å². The molecule has 1 aromatic heterocycles. The number of pyridine rings is 1. The number of aliphatic hydroxyl groups is 1. The molecule has 1 atom stereocenters. The Hall–Kier alpha value is -1.09. The standard InChI is InChI=1S/C12H18N2O/c1-2-10-5-6-11(8-13-10)14-7-3-4-12(15)9-14/h5-6,8,12,15H,2-4,7,9H2,1H3. The summed E-state index contributed by atoms with van der Waals surface area (Å²) in [6.07, 6.45) is 4.71. The fourth-order valence-electron chi connectivity index (χ4n) is 2.00. The van der Waals surface area contributed by atoms with Crippen LogP contribution in [0.15, 0.2) is 18.3 Å². The van der Waals surface area contributed by atoms with E-state index < -0.39 is 0 Å². The van der Waals surface area contributed by atoms with Crippen LogP contribution in [-0.2, 0) is 6.42 Å². The van der Waals surface area contributed by atoms with E-state index in [-0.39, 0.29) is 6.10 Å². The van der Waals surface area contributed by atoms with E-state index in [1.807, 2.05) is 6.20 Å². The molecule has 0 saturated carbocycles.